The number of thiophene rings is 1. The molecule has 0 spiro atoms. The molecule has 0 atom stereocenters. The van der Waals surface area contributed by atoms with Gasteiger partial charge in [0.25, 0.3) is 0 Å². The third kappa shape index (κ3) is 5.09. The number of rotatable bonds is 5. The highest BCUT2D eigenvalue weighted by molar-refractivity contribution is 9.10. The highest BCUT2D eigenvalue weighted by atomic mass is 79.9. The van der Waals surface area contributed by atoms with Crippen molar-refractivity contribution in [1.29, 1.82) is 0 Å². The van der Waals surface area contributed by atoms with E-state index in [9.17, 15) is 0 Å². The third-order valence-corrected chi connectivity index (χ3v) is 4.80. The van der Waals surface area contributed by atoms with Gasteiger partial charge in [-0.05, 0) is 48.8 Å². The van der Waals surface area contributed by atoms with E-state index < -0.39 is 0 Å². The van der Waals surface area contributed by atoms with Gasteiger partial charge in [-0.1, -0.05) is 0 Å². The number of halogens is 1. The lowest BCUT2D eigenvalue weighted by Gasteiger charge is -2.25. The van der Waals surface area contributed by atoms with Crippen LogP contribution in [-0.4, -0.2) is 17.6 Å². The van der Waals surface area contributed by atoms with E-state index in [2.05, 4.69) is 76.5 Å². The summed E-state index contributed by atoms with van der Waals surface area (Å²) in [5.41, 5.74) is 2.56. The van der Waals surface area contributed by atoms with Gasteiger partial charge >= 0.3 is 0 Å². The minimum Gasteiger partial charge on any atom is -0.369 e. The lowest BCUT2D eigenvalue weighted by molar-refractivity contribution is 0.424. The minimum atomic E-state index is 0.101. The number of anilines is 1. The molecular formula is C16H22BrN3S. The van der Waals surface area contributed by atoms with Crippen molar-refractivity contribution in [3.63, 3.8) is 0 Å². The van der Waals surface area contributed by atoms with Crippen LogP contribution in [0.5, 0.6) is 0 Å². The van der Waals surface area contributed by atoms with Gasteiger partial charge in [0, 0.05) is 57.5 Å². The van der Waals surface area contributed by atoms with Crippen LogP contribution >= 0.6 is 27.3 Å². The molecule has 5 heteroatoms. The molecule has 2 heterocycles. The molecule has 0 radical (unpaired) electrons. The Morgan fingerprint density at radius 3 is 2.76 bits per heavy atom. The molecule has 0 fully saturated rings. The molecule has 0 aliphatic heterocycles. The number of pyridine rings is 1. The first-order valence-electron chi connectivity index (χ1n) is 6.97. The van der Waals surface area contributed by atoms with E-state index in [-0.39, 0.29) is 5.54 Å². The summed E-state index contributed by atoms with van der Waals surface area (Å²) in [5, 5.41) is 5.65. The maximum Gasteiger partial charge on any atom is 0.0520 e. The van der Waals surface area contributed by atoms with Crippen molar-refractivity contribution in [2.24, 2.45) is 0 Å². The standard InChI is InChI=1S/C16H22BrN3S/c1-16(2,3)19-9-12-8-18-6-5-15(12)20(4)10-14-7-13(17)11-21-14/h5-8,11,19H,9-10H2,1-4H3. The molecule has 0 amide bonds. The van der Waals surface area contributed by atoms with Crippen molar-refractivity contribution in [3.8, 4) is 0 Å². The molecule has 1 N–H and O–H groups in total. The Hall–Kier alpha value is -0.910. The molecule has 2 rings (SSSR count). The van der Waals surface area contributed by atoms with Gasteiger partial charge in [-0.15, -0.1) is 11.3 Å². The lowest BCUT2D eigenvalue weighted by atomic mass is 10.1. The van der Waals surface area contributed by atoms with Crippen molar-refractivity contribution >= 4 is 33.0 Å². The first-order chi connectivity index (χ1) is 9.85. The lowest BCUT2D eigenvalue weighted by Crippen LogP contribution is -2.35. The molecule has 0 saturated carbocycles. The summed E-state index contributed by atoms with van der Waals surface area (Å²) in [6.45, 7) is 8.26. The Morgan fingerprint density at radius 1 is 1.38 bits per heavy atom. The number of hydrogen-bond acceptors (Lipinski definition) is 4. The molecule has 21 heavy (non-hydrogen) atoms. The van der Waals surface area contributed by atoms with E-state index in [4.69, 9.17) is 0 Å². The van der Waals surface area contributed by atoms with Gasteiger partial charge in [-0.2, -0.15) is 0 Å². The monoisotopic (exact) mass is 367 g/mol. The Morgan fingerprint density at radius 2 is 2.14 bits per heavy atom. The van der Waals surface area contributed by atoms with Crippen LogP contribution in [0.4, 0.5) is 5.69 Å². The van der Waals surface area contributed by atoms with E-state index in [0.29, 0.717) is 0 Å². The van der Waals surface area contributed by atoms with E-state index in [1.807, 2.05) is 12.4 Å². The Balaban J connectivity index is 2.11. The van der Waals surface area contributed by atoms with Crippen LogP contribution < -0.4 is 10.2 Å². The molecule has 2 aromatic rings. The summed E-state index contributed by atoms with van der Waals surface area (Å²) in [4.78, 5) is 7.89. The number of nitrogens with zero attached hydrogens (tertiary/aromatic N) is 2. The summed E-state index contributed by atoms with van der Waals surface area (Å²) in [6.07, 6.45) is 3.81. The quantitative estimate of drug-likeness (QED) is 0.846. The summed E-state index contributed by atoms with van der Waals surface area (Å²) in [6, 6.07) is 4.26. The van der Waals surface area contributed by atoms with Crippen molar-refractivity contribution in [3.05, 3.63) is 44.8 Å². The first-order valence-corrected chi connectivity index (χ1v) is 8.64. The van der Waals surface area contributed by atoms with Crippen LogP contribution in [-0.2, 0) is 13.1 Å². The van der Waals surface area contributed by atoms with Crippen LogP contribution in [0, 0.1) is 0 Å². The largest absolute Gasteiger partial charge is 0.369 e. The minimum absolute atomic E-state index is 0.101. The second-order valence-corrected chi connectivity index (χ2v) is 8.11. The van der Waals surface area contributed by atoms with Gasteiger partial charge in [-0.25, -0.2) is 0 Å². The van der Waals surface area contributed by atoms with Gasteiger partial charge in [0.2, 0.25) is 0 Å². The summed E-state index contributed by atoms with van der Waals surface area (Å²) in [5.74, 6) is 0. The second kappa shape index (κ2) is 6.90. The summed E-state index contributed by atoms with van der Waals surface area (Å²) < 4.78 is 1.15. The predicted octanol–water partition coefficient (Wildman–Crippen LogP) is 4.43. The third-order valence-electron chi connectivity index (χ3n) is 3.11. The molecule has 0 aliphatic carbocycles. The van der Waals surface area contributed by atoms with Crippen LogP contribution in [0.2, 0.25) is 0 Å². The van der Waals surface area contributed by atoms with Gasteiger partial charge in [0.1, 0.15) is 0 Å². The highest BCUT2D eigenvalue weighted by Crippen LogP contribution is 2.25. The maximum atomic E-state index is 4.27. The summed E-state index contributed by atoms with van der Waals surface area (Å²) in [7, 11) is 2.13. The van der Waals surface area contributed by atoms with E-state index in [0.717, 1.165) is 17.6 Å². The summed E-state index contributed by atoms with van der Waals surface area (Å²) >= 11 is 5.29. The second-order valence-electron chi connectivity index (χ2n) is 6.20. The molecule has 0 unspecified atom stereocenters. The number of hydrogen-bond donors (Lipinski definition) is 1. The molecule has 0 aromatic carbocycles. The topological polar surface area (TPSA) is 28.2 Å². The fourth-order valence-electron chi connectivity index (χ4n) is 2.04. The fraction of sp³-hybridized carbons (Fsp3) is 0.438. The normalized spacial score (nSPS) is 11.7. The van der Waals surface area contributed by atoms with Gasteiger partial charge in [-0.3, -0.25) is 4.98 Å². The molecule has 3 nitrogen and oxygen atoms in total. The predicted molar refractivity (Wildman–Crippen MR) is 95.0 cm³/mol. The molecule has 0 saturated heterocycles. The zero-order valence-electron chi connectivity index (χ0n) is 13.0. The molecule has 114 valence electrons. The van der Waals surface area contributed by atoms with Crippen LogP contribution in [0.25, 0.3) is 0 Å². The Labute approximate surface area is 139 Å². The molecular weight excluding hydrogens is 346 g/mol. The fourth-order valence-corrected chi connectivity index (χ4v) is 3.55. The van der Waals surface area contributed by atoms with Crippen molar-refractivity contribution in [1.82, 2.24) is 10.3 Å². The van der Waals surface area contributed by atoms with E-state index in [1.165, 1.54) is 16.1 Å². The van der Waals surface area contributed by atoms with Crippen molar-refractivity contribution in [2.75, 3.05) is 11.9 Å². The van der Waals surface area contributed by atoms with Gasteiger partial charge in [0.15, 0.2) is 0 Å². The van der Waals surface area contributed by atoms with Gasteiger partial charge < -0.3 is 10.2 Å². The van der Waals surface area contributed by atoms with Crippen LogP contribution in [0.1, 0.15) is 31.2 Å². The molecule has 2 aromatic heterocycles. The zero-order chi connectivity index (χ0) is 15.5. The van der Waals surface area contributed by atoms with Gasteiger partial charge in [0.05, 0.1) is 6.54 Å². The Kier molecular flexibility index (Phi) is 5.41. The first kappa shape index (κ1) is 16.5. The zero-order valence-corrected chi connectivity index (χ0v) is 15.4. The highest BCUT2D eigenvalue weighted by Gasteiger charge is 2.13. The van der Waals surface area contributed by atoms with Crippen molar-refractivity contribution in [2.45, 2.75) is 39.4 Å². The SMILES string of the molecule is CN(Cc1cc(Br)cs1)c1ccncc1CNC(C)(C)C. The average molecular weight is 368 g/mol. The molecule has 0 aliphatic rings. The van der Waals surface area contributed by atoms with Crippen LogP contribution in [0.15, 0.2) is 34.4 Å². The Bertz CT molecular complexity index is 589. The van der Waals surface area contributed by atoms with Crippen LogP contribution in [0.3, 0.4) is 0 Å². The van der Waals surface area contributed by atoms with E-state index >= 15 is 0 Å². The average Bonchev–Trinajstić information content (AvgIpc) is 2.81. The maximum absolute atomic E-state index is 4.27. The molecule has 0 bridgehead atoms. The number of aromatic nitrogens is 1. The van der Waals surface area contributed by atoms with Crippen molar-refractivity contribution < 1.29 is 0 Å². The number of nitrogens with one attached hydrogen (secondary N) is 1. The smallest absolute Gasteiger partial charge is 0.0520 e. The van der Waals surface area contributed by atoms with E-state index in [1.54, 1.807) is 11.3 Å².